The van der Waals surface area contributed by atoms with Crippen LogP contribution in [0.3, 0.4) is 0 Å². The summed E-state index contributed by atoms with van der Waals surface area (Å²) in [5.74, 6) is 0.417. The van der Waals surface area contributed by atoms with E-state index in [0.29, 0.717) is 5.75 Å². The van der Waals surface area contributed by atoms with Gasteiger partial charge in [-0.2, -0.15) is 5.10 Å². The molecule has 1 N–H and O–H groups in total. The number of aromatic nitrogens is 2. The molecule has 0 fully saturated rings. The standard InChI is InChI=1S/C14H17N3O2/c1-3-17-9-12(8-15-17)19-10-14(18)16-13-7-5-4-6-11(13)2/h4-9H,3,10H2,1-2H3,(H,16,18). The van der Waals surface area contributed by atoms with Gasteiger partial charge in [0.25, 0.3) is 5.91 Å². The van der Waals surface area contributed by atoms with Gasteiger partial charge in [-0.25, -0.2) is 0 Å². The minimum Gasteiger partial charge on any atom is -0.480 e. The third-order valence-electron chi connectivity index (χ3n) is 2.72. The first-order valence-corrected chi connectivity index (χ1v) is 6.19. The Morgan fingerprint density at radius 1 is 1.42 bits per heavy atom. The molecule has 0 aliphatic heterocycles. The molecule has 100 valence electrons. The minimum absolute atomic E-state index is 0.0241. The molecular formula is C14H17N3O2. The van der Waals surface area contributed by atoms with Crippen LogP contribution in [0.1, 0.15) is 12.5 Å². The van der Waals surface area contributed by atoms with Gasteiger partial charge in [-0.3, -0.25) is 9.48 Å². The number of benzene rings is 1. The molecule has 0 aliphatic carbocycles. The van der Waals surface area contributed by atoms with E-state index in [1.807, 2.05) is 38.1 Å². The van der Waals surface area contributed by atoms with Crippen molar-refractivity contribution < 1.29 is 9.53 Å². The Labute approximate surface area is 112 Å². The van der Waals surface area contributed by atoms with E-state index in [2.05, 4.69) is 10.4 Å². The number of nitrogens with one attached hydrogen (secondary N) is 1. The molecule has 0 radical (unpaired) electrons. The highest BCUT2D eigenvalue weighted by molar-refractivity contribution is 5.92. The van der Waals surface area contributed by atoms with Gasteiger partial charge in [-0.1, -0.05) is 18.2 Å². The summed E-state index contributed by atoms with van der Waals surface area (Å²) in [7, 11) is 0. The van der Waals surface area contributed by atoms with E-state index in [9.17, 15) is 4.79 Å². The predicted octanol–water partition coefficient (Wildman–Crippen LogP) is 2.23. The fourth-order valence-electron chi connectivity index (χ4n) is 1.64. The van der Waals surface area contributed by atoms with Crippen LogP contribution in [0.4, 0.5) is 5.69 Å². The highest BCUT2D eigenvalue weighted by Gasteiger charge is 2.06. The van der Waals surface area contributed by atoms with Crippen LogP contribution in [0.25, 0.3) is 0 Å². The van der Waals surface area contributed by atoms with Crippen LogP contribution in [0.5, 0.6) is 5.75 Å². The van der Waals surface area contributed by atoms with Crippen molar-refractivity contribution in [2.45, 2.75) is 20.4 Å². The van der Waals surface area contributed by atoms with Crippen molar-refractivity contribution in [1.29, 1.82) is 0 Å². The van der Waals surface area contributed by atoms with Crippen molar-refractivity contribution in [1.82, 2.24) is 9.78 Å². The van der Waals surface area contributed by atoms with Crippen LogP contribution >= 0.6 is 0 Å². The Hall–Kier alpha value is -2.30. The molecule has 2 aromatic rings. The molecule has 1 heterocycles. The summed E-state index contributed by atoms with van der Waals surface area (Å²) in [6.45, 7) is 4.69. The average Bonchev–Trinajstić information content (AvgIpc) is 2.87. The maximum Gasteiger partial charge on any atom is 0.262 e. The van der Waals surface area contributed by atoms with Gasteiger partial charge in [0, 0.05) is 12.2 Å². The number of carbonyl (C=O) groups excluding carboxylic acids is 1. The number of para-hydroxylation sites is 1. The third-order valence-corrected chi connectivity index (χ3v) is 2.72. The lowest BCUT2D eigenvalue weighted by Gasteiger charge is -2.08. The molecule has 5 nitrogen and oxygen atoms in total. The Kier molecular flexibility index (Phi) is 4.18. The molecule has 0 unspecified atom stereocenters. The van der Waals surface area contributed by atoms with Gasteiger partial charge < -0.3 is 10.1 Å². The Balaban J connectivity index is 1.86. The fraction of sp³-hybridized carbons (Fsp3) is 0.286. The summed E-state index contributed by atoms with van der Waals surface area (Å²) in [6.07, 6.45) is 3.37. The summed E-state index contributed by atoms with van der Waals surface area (Å²) in [6, 6.07) is 7.62. The number of rotatable bonds is 5. The average molecular weight is 259 g/mol. The lowest BCUT2D eigenvalue weighted by atomic mass is 10.2. The van der Waals surface area contributed by atoms with Crippen LogP contribution in [0.2, 0.25) is 0 Å². The monoisotopic (exact) mass is 259 g/mol. The minimum atomic E-state index is -0.182. The first-order valence-electron chi connectivity index (χ1n) is 6.19. The number of ether oxygens (including phenoxy) is 1. The molecule has 0 aliphatic rings. The van der Waals surface area contributed by atoms with Gasteiger partial charge in [0.2, 0.25) is 0 Å². The van der Waals surface area contributed by atoms with E-state index in [1.54, 1.807) is 17.1 Å². The van der Waals surface area contributed by atoms with Crippen molar-refractivity contribution in [3.63, 3.8) is 0 Å². The summed E-state index contributed by atoms with van der Waals surface area (Å²) in [5.41, 5.74) is 1.83. The Morgan fingerprint density at radius 3 is 2.89 bits per heavy atom. The second-order valence-corrected chi connectivity index (χ2v) is 4.18. The molecule has 1 aromatic carbocycles. The number of amides is 1. The summed E-state index contributed by atoms with van der Waals surface area (Å²) >= 11 is 0. The molecule has 0 bridgehead atoms. The lowest BCUT2D eigenvalue weighted by molar-refractivity contribution is -0.118. The van der Waals surface area contributed by atoms with Crippen LogP contribution in [0.15, 0.2) is 36.7 Å². The number of anilines is 1. The van der Waals surface area contributed by atoms with Gasteiger partial charge in [-0.15, -0.1) is 0 Å². The summed E-state index contributed by atoms with van der Waals surface area (Å²) in [4.78, 5) is 11.8. The first kappa shape index (κ1) is 13.1. The van der Waals surface area contributed by atoms with Crippen molar-refractivity contribution in [3.8, 4) is 5.75 Å². The molecule has 0 spiro atoms. The molecule has 1 amide bonds. The van der Waals surface area contributed by atoms with E-state index in [0.717, 1.165) is 17.8 Å². The Morgan fingerprint density at radius 2 is 2.21 bits per heavy atom. The topological polar surface area (TPSA) is 56.1 Å². The zero-order valence-electron chi connectivity index (χ0n) is 11.1. The van der Waals surface area contributed by atoms with Crippen LogP contribution in [-0.2, 0) is 11.3 Å². The number of aryl methyl sites for hydroxylation is 2. The van der Waals surface area contributed by atoms with Crippen molar-refractivity contribution in [2.75, 3.05) is 11.9 Å². The van der Waals surface area contributed by atoms with Crippen LogP contribution in [-0.4, -0.2) is 22.3 Å². The van der Waals surface area contributed by atoms with Crippen molar-refractivity contribution in [3.05, 3.63) is 42.2 Å². The van der Waals surface area contributed by atoms with E-state index in [1.165, 1.54) is 0 Å². The third kappa shape index (κ3) is 3.58. The maximum atomic E-state index is 11.8. The highest BCUT2D eigenvalue weighted by Crippen LogP contribution is 2.13. The molecule has 19 heavy (non-hydrogen) atoms. The molecule has 0 saturated heterocycles. The van der Waals surface area contributed by atoms with E-state index < -0.39 is 0 Å². The molecule has 5 heteroatoms. The van der Waals surface area contributed by atoms with Crippen molar-refractivity contribution >= 4 is 11.6 Å². The second kappa shape index (κ2) is 6.04. The lowest BCUT2D eigenvalue weighted by Crippen LogP contribution is -2.20. The largest absolute Gasteiger partial charge is 0.480 e. The fourth-order valence-corrected chi connectivity index (χ4v) is 1.64. The summed E-state index contributed by atoms with van der Waals surface area (Å²) < 4.78 is 7.11. The van der Waals surface area contributed by atoms with Gasteiger partial charge >= 0.3 is 0 Å². The zero-order valence-corrected chi connectivity index (χ0v) is 11.1. The smallest absolute Gasteiger partial charge is 0.262 e. The number of hydrogen-bond donors (Lipinski definition) is 1. The predicted molar refractivity (Wildman–Crippen MR) is 73.2 cm³/mol. The summed E-state index contributed by atoms with van der Waals surface area (Å²) in [5, 5.41) is 6.88. The molecule has 2 rings (SSSR count). The van der Waals surface area contributed by atoms with Gasteiger partial charge in [-0.05, 0) is 25.5 Å². The van der Waals surface area contributed by atoms with E-state index >= 15 is 0 Å². The quantitative estimate of drug-likeness (QED) is 0.895. The Bertz CT molecular complexity index is 563. The first-order chi connectivity index (χ1) is 9.19. The second-order valence-electron chi connectivity index (χ2n) is 4.18. The van der Waals surface area contributed by atoms with Crippen LogP contribution in [0, 0.1) is 6.92 Å². The van der Waals surface area contributed by atoms with Crippen molar-refractivity contribution in [2.24, 2.45) is 0 Å². The number of nitrogens with zero attached hydrogens (tertiary/aromatic N) is 2. The number of hydrogen-bond acceptors (Lipinski definition) is 3. The zero-order chi connectivity index (χ0) is 13.7. The van der Waals surface area contributed by atoms with Crippen LogP contribution < -0.4 is 10.1 Å². The highest BCUT2D eigenvalue weighted by atomic mass is 16.5. The SMILES string of the molecule is CCn1cc(OCC(=O)Nc2ccccc2C)cn1. The van der Waals surface area contributed by atoms with E-state index in [4.69, 9.17) is 4.74 Å². The maximum absolute atomic E-state index is 11.8. The normalized spacial score (nSPS) is 10.2. The molecule has 0 saturated carbocycles. The van der Waals surface area contributed by atoms with Gasteiger partial charge in [0.15, 0.2) is 12.4 Å². The molecule has 1 aromatic heterocycles. The molecular weight excluding hydrogens is 242 g/mol. The van der Waals surface area contributed by atoms with E-state index in [-0.39, 0.29) is 12.5 Å². The molecule has 0 atom stereocenters. The van der Waals surface area contributed by atoms with Gasteiger partial charge in [0.1, 0.15) is 0 Å². The number of carbonyl (C=O) groups is 1. The van der Waals surface area contributed by atoms with Gasteiger partial charge in [0.05, 0.1) is 12.4 Å².